The Kier molecular flexibility index (Phi) is 3.74. The van der Waals surface area contributed by atoms with Crippen molar-refractivity contribution in [2.45, 2.75) is 25.1 Å². The third kappa shape index (κ3) is 2.82. The molecule has 17 heavy (non-hydrogen) atoms. The van der Waals surface area contributed by atoms with Crippen molar-refractivity contribution in [3.8, 4) is 0 Å². The van der Waals surface area contributed by atoms with Gasteiger partial charge >= 0.3 is 0 Å². The van der Waals surface area contributed by atoms with Crippen LogP contribution in [0.2, 0.25) is 0 Å². The topological polar surface area (TPSA) is 39.2 Å². The van der Waals surface area contributed by atoms with Gasteiger partial charge in [-0.25, -0.2) is 4.39 Å². The van der Waals surface area contributed by atoms with Gasteiger partial charge in [-0.3, -0.25) is 0 Å². The van der Waals surface area contributed by atoms with Crippen LogP contribution in [0.1, 0.15) is 25.6 Å². The summed E-state index contributed by atoms with van der Waals surface area (Å²) >= 11 is 1.77. The first-order chi connectivity index (χ1) is 8.08. The minimum atomic E-state index is -0.336. The minimum Gasteiger partial charge on any atom is -0.456 e. The number of thioether (sulfide) groups is 1. The zero-order valence-electron chi connectivity index (χ0n) is 9.94. The number of para-hydroxylation sites is 1. The highest BCUT2D eigenvalue weighted by Gasteiger charge is 2.14. The summed E-state index contributed by atoms with van der Waals surface area (Å²) < 4.78 is 18.9. The van der Waals surface area contributed by atoms with E-state index in [2.05, 4.69) is 13.8 Å². The minimum absolute atomic E-state index is 0.186. The molecule has 1 heterocycles. The summed E-state index contributed by atoms with van der Waals surface area (Å²) in [6.07, 6.45) is 0. The lowest BCUT2D eigenvalue weighted by Gasteiger charge is -2.09. The second-order valence-electron chi connectivity index (χ2n) is 4.30. The summed E-state index contributed by atoms with van der Waals surface area (Å²) in [6, 6.07) is 6.53. The van der Waals surface area contributed by atoms with Crippen LogP contribution >= 0.6 is 11.8 Å². The number of fused-ring (bicyclic) bond motifs is 1. The number of furan rings is 1. The smallest absolute Gasteiger partial charge is 0.169 e. The fraction of sp³-hybridized carbons (Fsp3) is 0.385. The molecule has 4 heteroatoms. The first-order valence-electron chi connectivity index (χ1n) is 5.63. The number of nitrogens with two attached hydrogens (primary N) is 1. The molecule has 2 aromatic rings. The first-order valence-corrected chi connectivity index (χ1v) is 6.68. The second-order valence-corrected chi connectivity index (χ2v) is 5.91. The van der Waals surface area contributed by atoms with Crippen LogP contribution in [0.4, 0.5) is 4.39 Å². The molecule has 0 aliphatic carbocycles. The van der Waals surface area contributed by atoms with E-state index in [0.717, 1.165) is 11.1 Å². The Morgan fingerprint density at radius 3 is 2.82 bits per heavy atom. The Hall–Kier alpha value is -1.00. The van der Waals surface area contributed by atoms with Crippen molar-refractivity contribution in [3.63, 3.8) is 0 Å². The molecular weight excluding hydrogens is 237 g/mol. The van der Waals surface area contributed by atoms with Crippen molar-refractivity contribution in [2.75, 3.05) is 5.75 Å². The van der Waals surface area contributed by atoms with Crippen LogP contribution in [-0.4, -0.2) is 11.0 Å². The van der Waals surface area contributed by atoms with Gasteiger partial charge < -0.3 is 10.2 Å². The highest BCUT2D eigenvalue weighted by Crippen LogP contribution is 2.27. The molecule has 0 radical (unpaired) electrons. The van der Waals surface area contributed by atoms with E-state index in [1.54, 1.807) is 17.8 Å². The third-order valence-corrected chi connectivity index (χ3v) is 3.71. The van der Waals surface area contributed by atoms with E-state index in [1.165, 1.54) is 6.07 Å². The fourth-order valence-electron chi connectivity index (χ4n) is 1.61. The van der Waals surface area contributed by atoms with Gasteiger partial charge in [0.2, 0.25) is 0 Å². The van der Waals surface area contributed by atoms with Crippen LogP contribution in [0.15, 0.2) is 28.7 Å². The molecule has 1 aromatic carbocycles. The molecule has 0 fully saturated rings. The standard InChI is InChI=1S/C13H16FNOS/c1-8(2)17-7-11(15)12-6-9-4-3-5-10(14)13(9)16-12/h3-6,8,11H,7,15H2,1-2H3. The van der Waals surface area contributed by atoms with Crippen molar-refractivity contribution in [1.82, 2.24) is 0 Å². The van der Waals surface area contributed by atoms with Crippen molar-refractivity contribution >= 4 is 22.7 Å². The molecule has 2 N–H and O–H groups in total. The summed E-state index contributed by atoms with van der Waals surface area (Å²) in [5, 5.41) is 1.30. The third-order valence-electron chi connectivity index (χ3n) is 2.49. The molecule has 0 saturated carbocycles. The maximum absolute atomic E-state index is 13.4. The normalized spacial score (nSPS) is 13.5. The van der Waals surface area contributed by atoms with E-state index in [4.69, 9.17) is 10.2 Å². The van der Waals surface area contributed by atoms with E-state index in [-0.39, 0.29) is 11.9 Å². The Bertz CT molecular complexity index is 509. The molecule has 0 aliphatic rings. The monoisotopic (exact) mass is 253 g/mol. The van der Waals surface area contributed by atoms with E-state index in [0.29, 0.717) is 16.6 Å². The molecule has 0 spiro atoms. The lowest BCUT2D eigenvalue weighted by atomic mass is 10.2. The number of hydrogen-bond acceptors (Lipinski definition) is 3. The van der Waals surface area contributed by atoms with Crippen LogP contribution in [0.3, 0.4) is 0 Å². The van der Waals surface area contributed by atoms with Crippen molar-refractivity contribution in [3.05, 3.63) is 35.8 Å². The Morgan fingerprint density at radius 1 is 1.41 bits per heavy atom. The number of halogens is 1. The molecule has 92 valence electrons. The summed E-state index contributed by atoms with van der Waals surface area (Å²) in [4.78, 5) is 0. The number of rotatable bonds is 4. The maximum atomic E-state index is 13.4. The number of benzene rings is 1. The lowest BCUT2D eigenvalue weighted by Crippen LogP contribution is -2.13. The van der Waals surface area contributed by atoms with Gasteiger partial charge in [0.05, 0.1) is 6.04 Å². The van der Waals surface area contributed by atoms with Crippen LogP contribution in [0, 0.1) is 5.82 Å². The quantitative estimate of drug-likeness (QED) is 0.902. The highest BCUT2D eigenvalue weighted by molar-refractivity contribution is 7.99. The molecule has 0 saturated heterocycles. The highest BCUT2D eigenvalue weighted by atomic mass is 32.2. The average molecular weight is 253 g/mol. The van der Waals surface area contributed by atoms with E-state index >= 15 is 0 Å². The predicted octanol–water partition coefficient (Wildman–Crippen LogP) is 3.71. The first kappa shape index (κ1) is 12.5. The fourth-order valence-corrected chi connectivity index (χ4v) is 2.36. The zero-order chi connectivity index (χ0) is 12.4. The van der Waals surface area contributed by atoms with Gasteiger partial charge in [0, 0.05) is 11.1 Å². The van der Waals surface area contributed by atoms with Gasteiger partial charge in [-0.2, -0.15) is 11.8 Å². The summed E-state index contributed by atoms with van der Waals surface area (Å²) in [6.45, 7) is 4.24. The number of hydrogen-bond donors (Lipinski definition) is 1. The molecule has 1 aromatic heterocycles. The van der Waals surface area contributed by atoms with Crippen LogP contribution < -0.4 is 5.73 Å². The van der Waals surface area contributed by atoms with Crippen LogP contribution in [-0.2, 0) is 0 Å². The van der Waals surface area contributed by atoms with Gasteiger partial charge in [0.25, 0.3) is 0 Å². The average Bonchev–Trinajstić information content (AvgIpc) is 2.71. The Balaban J connectivity index is 2.21. The van der Waals surface area contributed by atoms with Gasteiger partial charge in [0.1, 0.15) is 5.76 Å². The van der Waals surface area contributed by atoms with Gasteiger partial charge in [-0.05, 0) is 17.4 Å². The molecule has 1 unspecified atom stereocenters. The summed E-state index contributed by atoms with van der Waals surface area (Å²) in [7, 11) is 0. The van der Waals surface area contributed by atoms with Gasteiger partial charge in [-0.15, -0.1) is 0 Å². The van der Waals surface area contributed by atoms with E-state index < -0.39 is 0 Å². The van der Waals surface area contributed by atoms with Crippen molar-refractivity contribution in [1.29, 1.82) is 0 Å². The SMILES string of the molecule is CC(C)SCC(N)c1cc2cccc(F)c2o1. The second kappa shape index (κ2) is 5.10. The molecular formula is C13H16FNOS. The molecule has 2 nitrogen and oxygen atoms in total. The molecule has 0 aliphatic heterocycles. The van der Waals surface area contributed by atoms with Gasteiger partial charge in [0.15, 0.2) is 11.4 Å². The largest absolute Gasteiger partial charge is 0.456 e. The van der Waals surface area contributed by atoms with Gasteiger partial charge in [-0.1, -0.05) is 26.0 Å². The lowest BCUT2D eigenvalue weighted by molar-refractivity contribution is 0.495. The molecule has 1 atom stereocenters. The molecule has 0 amide bonds. The van der Waals surface area contributed by atoms with Crippen molar-refractivity contribution in [2.24, 2.45) is 5.73 Å². The Morgan fingerprint density at radius 2 is 2.18 bits per heavy atom. The summed E-state index contributed by atoms with van der Waals surface area (Å²) in [5.74, 6) is 1.09. The zero-order valence-corrected chi connectivity index (χ0v) is 10.8. The van der Waals surface area contributed by atoms with E-state index in [1.807, 2.05) is 12.1 Å². The van der Waals surface area contributed by atoms with Crippen molar-refractivity contribution < 1.29 is 8.81 Å². The Labute approximate surface area is 104 Å². The van der Waals surface area contributed by atoms with E-state index in [9.17, 15) is 4.39 Å². The molecule has 0 bridgehead atoms. The molecule has 2 rings (SSSR count). The summed E-state index contributed by atoms with van der Waals surface area (Å²) in [5.41, 5.74) is 6.32. The predicted molar refractivity (Wildman–Crippen MR) is 70.7 cm³/mol. The van der Waals surface area contributed by atoms with Crippen LogP contribution in [0.5, 0.6) is 0 Å². The van der Waals surface area contributed by atoms with Crippen LogP contribution in [0.25, 0.3) is 11.0 Å². The maximum Gasteiger partial charge on any atom is 0.169 e.